The maximum absolute atomic E-state index is 12.1. The molecular weight excluding hydrogens is 432 g/mol. The lowest BCUT2D eigenvalue weighted by Crippen LogP contribution is -2.12. The number of hydrogen-bond donors (Lipinski definition) is 2. The lowest BCUT2D eigenvalue weighted by Gasteiger charge is -2.06. The minimum absolute atomic E-state index is 0.0985. The van der Waals surface area contributed by atoms with Crippen LogP contribution in [0.3, 0.4) is 0 Å². The summed E-state index contributed by atoms with van der Waals surface area (Å²) in [5, 5.41) is 14.4. The number of aromatic amines is 1. The molecule has 3 rings (SSSR count). The molecule has 0 saturated heterocycles. The van der Waals surface area contributed by atoms with Crippen molar-refractivity contribution in [2.24, 2.45) is 0 Å². The lowest BCUT2D eigenvalue weighted by molar-refractivity contribution is -0.116. The molecule has 0 unspecified atom stereocenters. The molecule has 0 aliphatic rings. The van der Waals surface area contributed by atoms with Gasteiger partial charge in [0.2, 0.25) is 17.0 Å². The molecule has 0 bridgehead atoms. The Kier molecular flexibility index (Phi) is 6.62. The van der Waals surface area contributed by atoms with E-state index < -0.39 is 0 Å². The molecule has 2 N–H and O–H groups in total. The molecule has 0 spiro atoms. The Labute approximate surface area is 169 Å². The van der Waals surface area contributed by atoms with Gasteiger partial charge in [-0.2, -0.15) is 4.98 Å². The van der Waals surface area contributed by atoms with E-state index >= 15 is 0 Å². The summed E-state index contributed by atoms with van der Waals surface area (Å²) in [5.74, 6) is 2.25. The molecule has 0 fully saturated rings. The van der Waals surface area contributed by atoms with Crippen molar-refractivity contribution in [3.05, 3.63) is 45.8 Å². The van der Waals surface area contributed by atoms with Crippen LogP contribution < -0.4 is 5.32 Å². The van der Waals surface area contributed by atoms with Gasteiger partial charge < -0.3 is 9.84 Å². The van der Waals surface area contributed by atoms with Crippen LogP contribution in [-0.4, -0.2) is 31.2 Å². The molecule has 2 heterocycles. The Morgan fingerprint density at radius 3 is 2.96 bits per heavy atom. The summed E-state index contributed by atoms with van der Waals surface area (Å²) >= 11 is 4.87. The molecule has 0 aliphatic heterocycles. The van der Waals surface area contributed by atoms with Crippen molar-refractivity contribution in [2.45, 2.75) is 44.0 Å². The van der Waals surface area contributed by atoms with Gasteiger partial charge >= 0.3 is 0 Å². The van der Waals surface area contributed by atoms with Crippen molar-refractivity contribution >= 4 is 39.3 Å². The number of aromatic nitrogens is 5. The number of nitrogens with one attached hydrogen (secondary N) is 2. The summed E-state index contributed by atoms with van der Waals surface area (Å²) in [6.07, 6.45) is 1.46. The zero-order valence-electron chi connectivity index (χ0n) is 15.0. The molecule has 142 valence electrons. The first-order chi connectivity index (χ1) is 13.0. The van der Waals surface area contributed by atoms with Gasteiger partial charge in [-0.3, -0.25) is 9.89 Å². The molecule has 2 aromatic heterocycles. The van der Waals surface area contributed by atoms with E-state index in [9.17, 15) is 4.79 Å². The molecule has 0 radical (unpaired) electrons. The van der Waals surface area contributed by atoms with Gasteiger partial charge in [0.15, 0.2) is 5.82 Å². The third-order valence-electron chi connectivity index (χ3n) is 3.69. The third-order valence-corrected chi connectivity index (χ3v) is 5.43. The van der Waals surface area contributed by atoms with Crippen LogP contribution in [0.5, 0.6) is 0 Å². The van der Waals surface area contributed by atoms with Crippen LogP contribution in [0.25, 0.3) is 0 Å². The zero-order valence-corrected chi connectivity index (χ0v) is 17.4. The number of anilines is 1. The number of halogens is 1. The zero-order chi connectivity index (χ0) is 19.2. The van der Waals surface area contributed by atoms with Crippen molar-refractivity contribution in [3.8, 4) is 0 Å². The van der Waals surface area contributed by atoms with E-state index in [1.165, 1.54) is 11.8 Å². The Morgan fingerprint density at radius 1 is 1.37 bits per heavy atom. The standard InChI is InChI=1S/C17H19BrN6O2S/c1-3-13-21-17(23-22-13)27-9-14-20-16(26-24-14)7-6-15(25)19-11-4-5-12(18)10(2)8-11/h4-5,8H,3,6-7,9H2,1-2H3,(H,19,25)(H,21,22,23). The van der Waals surface area contributed by atoms with Gasteiger partial charge in [-0.25, -0.2) is 4.98 Å². The molecular formula is C17H19BrN6O2S. The molecule has 27 heavy (non-hydrogen) atoms. The van der Waals surface area contributed by atoms with Crippen LogP contribution in [0.2, 0.25) is 0 Å². The number of thioether (sulfide) groups is 1. The van der Waals surface area contributed by atoms with Crippen molar-refractivity contribution in [1.29, 1.82) is 0 Å². The number of hydrogen-bond acceptors (Lipinski definition) is 7. The summed E-state index contributed by atoms with van der Waals surface area (Å²) in [5.41, 5.74) is 1.82. The molecule has 0 aliphatic carbocycles. The van der Waals surface area contributed by atoms with Crippen LogP contribution >= 0.6 is 27.7 Å². The predicted molar refractivity (Wildman–Crippen MR) is 105 cm³/mol. The molecule has 8 nitrogen and oxygen atoms in total. The number of amides is 1. The van der Waals surface area contributed by atoms with E-state index in [0.717, 1.165) is 28.0 Å². The lowest BCUT2D eigenvalue weighted by atomic mass is 10.2. The second-order valence-electron chi connectivity index (χ2n) is 5.82. The number of carbonyl (C=O) groups is 1. The van der Waals surface area contributed by atoms with Crippen molar-refractivity contribution in [2.75, 3.05) is 5.32 Å². The first-order valence-electron chi connectivity index (χ1n) is 8.45. The quantitative estimate of drug-likeness (QED) is 0.503. The normalized spacial score (nSPS) is 10.9. The summed E-state index contributed by atoms with van der Waals surface area (Å²) in [6, 6.07) is 5.67. The molecule has 3 aromatic rings. The van der Waals surface area contributed by atoms with E-state index in [4.69, 9.17) is 4.52 Å². The maximum atomic E-state index is 12.1. The Hall–Kier alpha value is -2.20. The Morgan fingerprint density at radius 2 is 2.22 bits per heavy atom. The van der Waals surface area contributed by atoms with Crippen LogP contribution in [0.4, 0.5) is 5.69 Å². The first-order valence-corrected chi connectivity index (χ1v) is 10.2. The summed E-state index contributed by atoms with van der Waals surface area (Å²) in [4.78, 5) is 20.7. The smallest absolute Gasteiger partial charge is 0.227 e. The third kappa shape index (κ3) is 5.64. The highest BCUT2D eigenvalue weighted by Gasteiger charge is 2.11. The molecule has 1 aromatic carbocycles. The largest absolute Gasteiger partial charge is 0.339 e. The van der Waals surface area contributed by atoms with Gasteiger partial charge in [0.05, 0.1) is 5.75 Å². The fraction of sp³-hybridized carbons (Fsp3) is 0.353. The Balaban J connectivity index is 1.45. The molecule has 0 saturated carbocycles. The van der Waals surface area contributed by atoms with E-state index in [1.807, 2.05) is 32.0 Å². The SMILES string of the molecule is CCc1nc(SCc2noc(CCC(=O)Nc3ccc(Br)c(C)c3)n2)n[nH]1. The van der Waals surface area contributed by atoms with Crippen LogP contribution in [0.15, 0.2) is 32.4 Å². The first kappa shape index (κ1) is 19.6. The van der Waals surface area contributed by atoms with Crippen molar-refractivity contribution in [1.82, 2.24) is 25.3 Å². The number of H-pyrrole nitrogens is 1. The Bertz CT molecular complexity index is 926. The minimum Gasteiger partial charge on any atom is -0.339 e. The fourth-order valence-electron chi connectivity index (χ4n) is 2.25. The van der Waals surface area contributed by atoms with E-state index in [2.05, 4.69) is 46.6 Å². The topological polar surface area (TPSA) is 110 Å². The highest BCUT2D eigenvalue weighted by molar-refractivity contribution is 9.10. The van der Waals surface area contributed by atoms with Gasteiger partial charge in [-0.05, 0) is 30.7 Å². The van der Waals surface area contributed by atoms with Crippen molar-refractivity contribution in [3.63, 3.8) is 0 Å². The summed E-state index contributed by atoms with van der Waals surface area (Å²) in [7, 11) is 0. The predicted octanol–water partition coefficient (Wildman–Crippen LogP) is 3.68. The van der Waals surface area contributed by atoms with Gasteiger partial charge in [-0.15, -0.1) is 5.10 Å². The highest BCUT2D eigenvalue weighted by atomic mass is 79.9. The number of carbonyl (C=O) groups excluding carboxylic acids is 1. The molecule has 0 atom stereocenters. The minimum atomic E-state index is -0.0985. The number of nitrogens with zero attached hydrogens (tertiary/aromatic N) is 4. The van der Waals surface area contributed by atoms with Crippen LogP contribution in [0, 0.1) is 6.92 Å². The maximum Gasteiger partial charge on any atom is 0.227 e. The van der Waals surface area contributed by atoms with Gasteiger partial charge in [-0.1, -0.05) is 39.8 Å². The number of aryl methyl sites for hydroxylation is 3. The van der Waals surface area contributed by atoms with Gasteiger partial charge in [0.25, 0.3) is 0 Å². The monoisotopic (exact) mass is 450 g/mol. The average Bonchev–Trinajstić information content (AvgIpc) is 3.30. The van der Waals surface area contributed by atoms with Crippen molar-refractivity contribution < 1.29 is 9.32 Å². The molecule has 10 heteroatoms. The highest BCUT2D eigenvalue weighted by Crippen LogP contribution is 2.20. The average molecular weight is 451 g/mol. The molecule has 1 amide bonds. The number of rotatable bonds is 8. The second-order valence-corrected chi connectivity index (χ2v) is 7.62. The van der Waals surface area contributed by atoms with Crippen LogP contribution in [0.1, 0.15) is 36.4 Å². The van der Waals surface area contributed by atoms with E-state index in [1.54, 1.807) is 0 Å². The summed E-state index contributed by atoms with van der Waals surface area (Å²) < 4.78 is 6.21. The van der Waals surface area contributed by atoms with Gasteiger partial charge in [0, 0.05) is 29.4 Å². The van der Waals surface area contributed by atoms with E-state index in [0.29, 0.717) is 29.0 Å². The summed E-state index contributed by atoms with van der Waals surface area (Å²) in [6.45, 7) is 3.98. The number of benzene rings is 1. The fourth-order valence-corrected chi connectivity index (χ4v) is 3.15. The second kappa shape index (κ2) is 9.14. The van der Waals surface area contributed by atoms with Crippen LogP contribution in [-0.2, 0) is 23.4 Å². The van der Waals surface area contributed by atoms with E-state index in [-0.39, 0.29) is 12.3 Å². The van der Waals surface area contributed by atoms with Gasteiger partial charge in [0.1, 0.15) is 5.82 Å².